The number of rotatable bonds is 8. The Morgan fingerprint density at radius 2 is 2.04 bits per heavy atom. The second kappa shape index (κ2) is 8.63. The highest BCUT2D eigenvalue weighted by atomic mass is 16.5. The van der Waals surface area contributed by atoms with Crippen LogP contribution in [-0.2, 0) is 22.5 Å². The summed E-state index contributed by atoms with van der Waals surface area (Å²) >= 11 is 0. The Balaban J connectivity index is 1.76. The molecule has 0 aliphatic carbocycles. The molecule has 26 heavy (non-hydrogen) atoms. The Bertz CT molecular complexity index is 886. The monoisotopic (exact) mass is 351 g/mol. The molecule has 136 valence electrons. The van der Waals surface area contributed by atoms with Gasteiger partial charge >= 0.3 is 0 Å². The zero-order valence-corrected chi connectivity index (χ0v) is 15.4. The lowest BCUT2D eigenvalue weighted by molar-refractivity contribution is -0.115. The number of ether oxygens (including phenoxy) is 1. The number of hydrogen-bond donors (Lipinski definition) is 1. The van der Waals surface area contributed by atoms with E-state index < -0.39 is 0 Å². The molecule has 0 aliphatic rings. The van der Waals surface area contributed by atoms with Crippen LogP contribution in [0.5, 0.6) is 0 Å². The molecule has 0 atom stereocenters. The number of para-hydroxylation sites is 2. The van der Waals surface area contributed by atoms with Gasteiger partial charge in [-0.05, 0) is 38.0 Å². The second-order valence-corrected chi connectivity index (χ2v) is 6.34. The second-order valence-electron chi connectivity index (χ2n) is 6.34. The third kappa shape index (κ3) is 4.49. The van der Waals surface area contributed by atoms with E-state index in [-0.39, 0.29) is 5.91 Å². The lowest BCUT2D eigenvalue weighted by Gasteiger charge is -2.10. The number of carbonyl (C=O) groups is 1. The smallest absolute Gasteiger partial charge is 0.231 e. The van der Waals surface area contributed by atoms with Crippen molar-refractivity contribution in [1.82, 2.24) is 9.55 Å². The number of carbonyl (C=O) groups excluding carboxylic acids is 1. The van der Waals surface area contributed by atoms with Gasteiger partial charge in [0.25, 0.3) is 0 Å². The summed E-state index contributed by atoms with van der Waals surface area (Å²) in [7, 11) is 0. The predicted molar refractivity (Wildman–Crippen MR) is 104 cm³/mol. The summed E-state index contributed by atoms with van der Waals surface area (Å²) in [5.41, 5.74) is 4.06. The highest BCUT2D eigenvalue weighted by Gasteiger charge is 2.13. The molecule has 5 heteroatoms. The molecular formula is C21H25N3O2. The summed E-state index contributed by atoms with van der Waals surface area (Å²) in [5.74, 6) is 0.539. The van der Waals surface area contributed by atoms with Crippen LogP contribution in [0, 0.1) is 6.92 Å². The van der Waals surface area contributed by atoms with Crippen molar-refractivity contribution in [2.45, 2.75) is 33.2 Å². The molecule has 2 aromatic carbocycles. The van der Waals surface area contributed by atoms with Gasteiger partial charge in [-0.1, -0.05) is 42.0 Å². The Labute approximate surface area is 154 Å². The molecule has 0 spiro atoms. The fourth-order valence-corrected chi connectivity index (χ4v) is 3.04. The van der Waals surface area contributed by atoms with E-state index in [9.17, 15) is 4.79 Å². The van der Waals surface area contributed by atoms with E-state index in [0.29, 0.717) is 25.6 Å². The highest BCUT2D eigenvalue weighted by molar-refractivity contribution is 5.92. The van der Waals surface area contributed by atoms with Crippen molar-refractivity contribution in [2.24, 2.45) is 0 Å². The van der Waals surface area contributed by atoms with Crippen LogP contribution in [0.4, 0.5) is 5.95 Å². The van der Waals surface area contributed by atoms with Crippen molar-refractivity contribution in [3.05, 3.63) is 59.7 Å². The van der Waals surface area contributed by atoms with Crippen LogP contribution >= 0.6 is 0 Å². The molecule has 0 saturated heterocycles. The van der Waals surface area contributed by atoms with Crippen molar-refractivity contribution in [3.8, 4) is 0 Å². The topological polar surface area (TPSA) is 56.1 Å². The first-order chi connectivity index (χ1) is 12.7. The van der Waals surface area contributed by atoms with Crippen LogP contribution in [0.2, 0.25) is 0 Å². The number of nitrogens with one attached hydrogen (secondary N) is 1. The maximum atomic E-state index is 12.5. The molecule has 5 nitrogen and oxygen atoms in total. The number of nitrogens with zero attached hydrogens (tertiary/aromatic N) is 2. The van der Waals surface area contributed by atoms with Gasteiger partial charge in [0.05, 0.1) is 17.5 Å². The molecule has 1 aromatic heterocycles. The van der Waals surface area contributed by atoms with Gasteiger partial charge in [-0.25, -0.2) is 4.98 Å². The van der Waals surface area contributed by atoms with Crippen LogP contribution < -0.4 is 5.32 Å². The number of hydrogen-bond acceptors (Lipinski definition) is 3. The molecule has 1 heterocycles. The van der Waals surface area contributed by atoms with Gasteiger partial charge in [-0.3, -0.25) is 10.1 Å². The maximum Gasteiger partial charge on any atom is 0.231 e. The Hall–Kier alpha value is -2.66. The van der Waals surface area contributed by atoms with E-state index in [1.807, 2.05) is 62.4 Å². The number of aromatic nitrogens is 2. The molecular weight excluding hydrogens is 326 g/mol. The largest absolute Gasteiger partial charge is 0.382 e. The Kier molecular flexibility index (Phi) is 6.02. The average Bonchev–Trinajstić information content (AvgIpc) is 2.96. The van der Waals surface area contributed by atoms with Crippen LogP contribution in [0.15, 0.2) is 48.5 Å². The van der Waals surface area contributed by atoms with Gasteiger partial charge in [-0.2, -0.15) is 0 Å². The first kappa shape index (κ1) is 18.1. The molecule has 3 rings (SSSR count). The van der Waals surface area contributed by atoms with Crippen molar-refractivity contribution >= 4 is 22.9 Å². The third-order valence-corrected chi connectivity index (χ3v) is 4.23. The van der Waals surface area contributed by atoms with Gasteiger partial charge in [0, 0.05) is 19.8 Å². The van der Waals surface area contributed by atoms with E-state index in [2.05, 4.69) is 14.9 Å². The van der Waals surface area contributed by atoms with Gasteiger partial charge in [0.15, 0.2) is 0 Å². The Morgan fingerprint density at radius 3 is 2.85 bits per heavy atom. The predicted octanol–water partition coefficient (Wildman–Crippen LogP) is 3.95. The minimum absolute atomic E-state index is 0.0584. The lowest BCUT2D eigenvalue weighted by Crippen LogP contribution is -2.18. The zero-order chi connectivity index (χ0) is 18.4. The maximum absolute atomic E-state index is 12.5. The molecule has 0 radical (unpaired) electrons. The Morgan fingerprint density at radius 1 is 1.19 bits per heavy atom. The van der Waals surface area contributed by atoms with E-state index >= 15 is 0 Å². The SMILES string of the molecule is CCOCCCn1c(NC(=O)Cc2cccc(C)c2)nc2ccccc21. The van der Waals surface area contributed by atoms with Crippen LogP contribution in [0.3, 0.4) is 0 Å². The summed E-state index contributed by atoms with van der Waals surface area (Å²) in [6, 6.07) is 15.9. The standard InChI is InChI=1S/C21H25N3O2/c1-3-26-13-7-12-24-19-11-5-4-10-18(19)22-21(24)23-20(25)15-17-9-6-8-16(2)14-17/h4-6,8-11,14H,3,7,12-13,15H2,1-2H3,(H,22,23,25). The number of aryl methyl sites for hydroxylation is 2. The minimum atomic E-state index is -0.0584. The van der Waals surface area contributed by atoms with E-state index in [4.69, 9.17) is 4.74 Å². The van der Waals surface area contributed by atoms with Crippen LogP contribution in [-0.4, -0.2) is 28.7 Å². The van der Waals surface area contributed by atoms with Crippen molar-refractivity contribution in [1.29, 1.82) is 0 Å². The third-order valence-electron chi connectivity index (χ3n) is 4.23. The molecule has 1 N–H and O–H groups in total. The normalized spacial score (nSPS) is 11.0. The van der Waals surface area contributed by atoms with E-state index in [0.717, 1.165) is 35.1 Å². The fraction of sp³-hybridized carbons (Fsp3) is 0.333. The molecule has 0 bridgehead atoms. The van der Waals surface area contributed by atoms with Crippen LogP contribution in [0.1, 0.15) is 24.5 Å². The molecule has 0 saturated carbocycles. The summed E-state index contributed by atoms with van der Waals surface area (Å²) in [5, 5.41) is 2.98. The van der Waals surface area contributed by atoms with E-state index in [1.165, 1.54) is 0 Å². The van der Waals surface area contributed by atoms with Gasteiger partial charge in [0.2, 0.25) is 11.9 Å². The number of anilines is 1. The first-order valence-electron chi connectivity index (χ1n) is 9.06. The molecule has 1 amide bonds. The van der Waals surface area contributed by atoms with Crippen molar-refractivity contribution in [3.63, 3.8) is 0 Å². The lowest BCUT2D eigenvalue weighted by atomic mass is 10.1. The van der Waals surface area contributed by atoms with Crippen molar-refractivity contribution in [2.75, 3.05) is 18.5 Å². The average molecular weight is 351 g/mol. The number of fused-ring (bicyclic) bond motifs is 1. The number of benzene rings is 2. The van der Waals surface area contributed by atoms with Gasteiger partial charge in [0.1, 0.15) is 0 Å². The van der Waals surface area contributed by atoms with Gasteiger partial charge < -0.3 is 9.30 Å². The fourth-order valence-electron chi connectivity index (χ4n) is 3.04. The van der Waals surface area contributed by atoms with Gasteiger partial charge in [-0.15, -0.1) is 0 Å². The molecule has 0 fully saturated rings. The molecule has 3 aromatic rings. The van der Waals surface area contributed by atoms with E-state index in [1.54, 1.807) is 0 Å². The first-order valence-corrected chi connectivity index (χ1v) is 9.06. The summed E-state index contributed by atoms with van der Waals surface area (Å²) in [6.07, 6.45) is 1.21. The minimum Gasteiger partial charge on any atom is -0.382 e. The summed E-state index contributed by atoms with van der Waals surface area (Å²) in [6.45, 7) is 6.17. The molecule has 0 unspecified atom stereocenters. The van der Waals surface area contributed by atoms with Crippen molar-refractivity contribution < 1.29 is 9.53 Å². The number of amides is 1. The quantitative estimate of drug-likeness (QED) is 0.625. The van der Waals surface area contributed by atoms with Crippen LogP contribution in [0.25, 0.3) is 11.0 Å². The highest BCUT2D eigenvalue weighted by Crippen LogP contribution is 2.20. The summed E-state index contributed by atoms with van der Waals surface area (Å²) in [4.78, 5) is 17.1. The molecule has 0 aliphatic heterocycles. The zero-order valence-electron chi connectivity index (χ0n) is 15.4. The number of imidazole rings is 1. The summed E-state index contributed by atoms with van der Waals surface area (Å²) < 4.78 is 7.49.